The number of benzene rings is 2. The standard InChI is InChI=1S/C44H53Cl2N7O12/c1-25-38(50-29(22-54)40(49-25)52-13-10-44(11-14-52)24-65-26(2)39(44)47)28-6-8-32(37(46)36(28)45)63-21-20-62-19-18-61-17-16-60-15-12-48-34(56)23-64-31-5-3-4-27-35(31)43(59)53(42(27)58)30-7-9-33(55)51-41(30)57/h3-6,8,26,30,39,54H,7,9-24,47H2,1-2H3,(H,48,56)(H,51,55,57). The number of carbonyl (C=O) groups is 5. The number of anilines is 1. The Morgan fingerprint density at radius 3 is 2.31 bits per heavy atom. The van der Waals surface area contributed by atoms with E-state index in [-0.39, 0.29) is 96.9 Å². The summed E-state index contributed by atoms with van der Waals surface area (Å²) >= 11 is 13.4. The number of aliphatic hydroxyl groups is 1. The predicted octanol–water partition coefficient (Wildman–Crippen LogP) is 2.61. The molecule has 1 aromatic heterocycles. The molecule has 0 radical (unpaired) electrons. The second-order valence-electron chi connectivity index (χ2n) is 16.2. The van der Waals surface area contributed by atoms with E-state index in [9.17, 15) is 29.1 Å². The minimum absolute atomic E-state index is 0.000191. The number of aliphatic hydroxyl groups excluding tert-OH is 1. The van der Waals surface area contributed by atoms with Gasteiger partial charge >= 0.3 is 0 Å². The van der Waals surface area contributed by atoms with Crippen molar-refractivity contribution in [1.29, 1.82) is 0 Å². The Morgan fingerprint density at radius 1 is 0.923 bits per heavy atom. The number of nitrogens with two attached hydrogens (primary N) is 1. The quantitative estimate of drug-likeness (QED) is 0.0940. The third kappa shape index (κ3) is 10.7. The zero-order chi connectivity index (χ0) is 46.3. The smallest absolute Gasteiger partial charge is 0.266 e. The summed E-state index contributed by atoms with van der Waals surface area (Å²) in [6, 6.07) is 6.76. The number of fused-ring (bicyclic) bond motifs is 1. The van der Waals surface area contributed by atoms with E-state index < -0.39 is 42.2 Å². The van der Waals surface area contributed by atoms with Crippen LogP contribution in [0, 0.1) is 12.3 Å². The zero-order valence-electron chi connectivity index (χ0n) is 36.2. The summed E-state index contributed by atoms with van der Waals surface area (Å²) in [5, 5.41) is 15.6. The van der Waals surface area contributed by atoms with Crippen LogP contribution in [-0.4, -0.2) is 147 Å². The molecule has 0 bridgehead atoms. The molecular formula is C44H53Cl2N7O12. The highest BCUT2D eigenvalue weighted by atomic mass is 35.5. The molecule has 0 saturated carbocycles. The fraction of sp³-hybridized carbons (Fsp3) is 0.523. The van der Waals surface area contributed by atoms with Crippen molar-refractivity contribution in [2.45, 2.75) is 64.3 Å². The van der Waals surface area contributed by atoms with E-state index in [2.05, 4.69) is 15.5 Å². The lowest BCUT2D eigenvalue weighted by Gasteiger charge is -2.42. The lowest BCUT2D eigenvalue weighted by molar-refractivity contribution is -0.136. The summed E-state index contributed by atoms with van der Waals surface area (Å²) in [5.74, 6) is -2.01. The van der Waals surface area contributed by atoms with Crippen molar-refractivity contribution in [3.63, 3.8) is 0 Å². The highest BCUT2D eigenvalue weighted by Crippen LogP contribution is 2.44. The number of rotatable bonds is 20. The molecule has 5 N–H and O–H groups in total. The minimum atomic E-state index is -1.11. The van der Waals surface area contributed by atoms with Crippen LogP contribution in [0.15, 0.2) is 30.3 Å². The molecule has 4 aliphatic rings. The number of imide groups is 2. The molecule has 3 unspecified atom stereocenters. The number of piperidine rings is 2. The van der Waals surface area contributed by atoms with E-state index in [4.69, 9.17) is 67.3 Å². The number of nitrogens with one attached hydrogen (secondary N) is 2. The van der Waals surface area contributed by atoms with Crippen LogP contribution in [0.2, 0.25) is 10.0 Å². The van der Waals surface area contributed by atoms with Crippen LogP contribution in [0.1, 0.15) is 64.7 Å². The van der Waals surface area contributed by atoms with Crippen molar-refractivity contribution >= 4 is 58.6 Å². The van der Waals surface area contributed by atoms with Crippen molar-refractivity contribution in [2.24, 2.45) is 11.1 Å². The fourth-order valence-electron chi connectivity index (χ4n) is 8.43. The van der Waals surface area contributed by atoms with Gasteiger partial charge in [0.25, 0.3) is 17.7 Å². The number of hydrogen-bond donors (Lipinski definition) is 4. The molecule has 350 valence electrons. The molecular weight excluding hydrogens is 889 g/mol. The van der Waals surface area contributed by atoms with Gasteiger partial charge in [0.05, 0.1) is 86.5 Å². The molecule has 3 saturated heterocycles. The molecule has 5 heterocycles. The van der Waals surface area contributed by atoms with Gasteiger partial charge in [-0.3, -0.25) is 34.2 Å². The molecule has 2 aromatic carbocycles. The molecule has 4 aliphatic heterocycles. The Labute approximate surface area is 385 Å². The van der Waals surface area contributed by atoms with Crippen LogP contribution >= 0.6 is 23.2 Å². The lowest BCUT2D eigenvalue weighted by atomic mass is 9.73. The van der Waals surface area contributed by atoms with Crippen LogP contribution in [-0.2, 0) is 39.9 Å². The number of nitrogens with zero attached hydrogens (tertiary/aromatic N) is 4. The van der Waals surface area contributed by atoms with Crippen molar-refractivity contribution in [3.8, 4) is 22.8 Å². The van der Waals surface area contributed by atoms with Crippen LogP contribution in [0.25, 0.3) is 11.3 Å². The first-order valence-electron chi connectivity index (χ1n) is 21.5. The zero-order valence-corrected chi connectivity index (χ0v) is 37.7. The molecule has 19 nitrogen and oxygen atoms in total. The van der Waals surface area contributed by atoms with Gasteiger partial charge in [-0.2, -0.15) is 0 Å². The van der Waals surface area contributed by atoms with Gasteiger partial charge in [-0.25, -0.2) is 9.97 Å². The summed E-state index contributed by atoms with van der Waals surface area (Å²) in [4.78, 5) is 75.2. The summed E-state index contributed by atoms with van der Waals surface area (Å²) in [7, 11) is 0. The molecule has 3 atom stereocenters. The molecule has 21 heteroatoms. The van der Waals surface area contributed by atoms with Gasteiger partial charge < -0.3 is 49.5 Å². The average Bonchev–Trinajstić information content (AvgIpc) is 3.72. The summed E-state index contributed by atoms with van der Waals surface area (Å²) < 4.78 is 34.0. The molecule has 65 heavy (non-hydrogen) atoms. The number of hydrogen-bond acceptors (Lipinski definition) is 16. The maximum absolute atomic E-state index is 13.2. The predicted molar refractivity (Wildman–Crippen MR) is 235 cm³/mol. The van der Waals surface area contributed by atoms with Crippen molar-refractivity contribution < 1.29 is 57.5 Å². The number of aryl methyl sites for hydroxylation is 1. The molecule has 5 amide bonds. The van der Waals surface area contributed by atoms with Gasteiger partial charge in [0, 0.05) is 43.1 Å². The second-order valence-corrected chi connectivity index (χ2v) is 16.9. The fourth-order valence-corrected chi connectivity index (χ4v) is 8.90. The third-order valence-electron chi connectivity index (χ3n) is 12.1. The first-order valence-corrected chi connectivity index (χ1v) is 22.3. The Hall–Kier alpha value is -4.99. The summed E-state index contributed by atoms with van der Waals surface area (Å²) in [6.07, 6.45) is 1.80. The van der Waals surface area contributed by atoms with Gasteiger partial charge in [-0.05, 0) is 57.4 Å². The Bertz CT molecular complexity index is 2280. The lowest BCUT2D eigenvalue weighted by Crippen LogP contribution is -2.54. The van der Waals surface area contributed by atoms with E-state index >= 15 is 0 Å². The SMILES string of the molecule is Cc1nc(N2CCC3(CC2)COC(C)C3N)c(CO)nc1-c1ccc(OCCOCCOCCOCCNC(=O)COc2cccc3c2C(=O)N(C2CCC(=O)NC2=O)C3=O)c(Cl)c1Cl. The van der Waals surface area contributed by atoms with E-state index in [0.717, 1.165) is 30.8 Å². The molecule has 0 aliphatic carbocycles. The topological polar surface area (TPSA) is 243 Å². The van der Waals surface area contributed by atoms with E-state index in [1.807, 2.05) is 13.8 Å². The summed E-state index contributed by atoms with van der Waals surface area (Å²) in [6.45, 7) is 7.36. The van der Waals surface area contributed by atoms with E-state index in [1.165, 1.54) is 18.2 Å². The third-order valence-corrected chi connectivity index (χ3v) is 12.9. The number of amides is 5. The maximum Gasteiger partial charge on any atom is 0.266 e. The van der Waals surface area contributed by atoms with Crippen molar-refractivity contribution in [1.82, 2.24) is 25.5 Å². The minimum Gasteiger partial charge on any atom is -0.490 e. The Kier molecular flexibility index (Phi) is 15.9. The first-order chi connectivity index (χ1) is 31.3. The largest absolute Gasteiger partial charge is 0.490 e. The van der Waals surface area contributed by atoms with Crippen molar-refractivity contribution in [3.05, 3.63) is 62.9 Å². The van der Waals surface area contributed by atoms with Crippen LogP contribution in [0.3, 0.4) is 0 Å². The summed E-state index contributed by atoms with van der Waals surface area (Å²) in [5.41, 5.74) is 8.66. The monoisotopic (exact) mass is 941 g/mol. The normalized spacial score (nSPS) is 20.4. The van der Waals surface area contributed by atoms with E-state index in [1.54, 1.807) is 12.1 Å². The Balaban J connectivity index is 0.748. The maximum atomic E-state index is 13.2. The highest BCUT2D eigenvalue weighted by molar-refractivity contribution is 6.44. The average molecular weight is 943 g/mol. The van der Waals surface area contributed by atoms with Crippen molar-refractivity contribution in [2.75, 3.05) is 84.0 Å². The number of aromatic nitrogens is 2. The Morgan fingerprint density at radius 2 is 1.63 bits per heavy atom. The number of ether oxygens (including phenoxy) is 6. The van der Waals surface area contributed by atoms with Gasteiger partial charge in [0.2, 0.25) is 11.8 Å². The molecule has 7 rings (SSSR count). The highest BCUT2D eigenvalue weighted by Gasteiger charge is 2.48. The molecule has 3 aromatic rings. The van der Waals surface area contributed by atoms with Crippen LogP contribution in [0.5, 0.6) is 11.5 Å². The molecule has 3 fully saturated rings. The number of carbonyl (C=O) groups excluding carboxylic acids is 5. The first kappa shape index (κ1) is 48.0. The second kappa shape index (κ2) is 21.5. The van der Waals surface area contributed by atoms with E-state index in [0.29, 0.717) is 60.6 Å². The van der Waals surface area contributed by atoms with Gasteiger partial charge in [0.1, 0.15) is 34.9 Å². The van der Waals surface area contributed by atoms with Crippen LogP contribution < -0.4 is 30.7 Å². The van der Waals surface area contributed by atoms with Gasteiger partial charge in [0.15, 0.2) is 12.4 Å². The molecule has 1 spiro atoms. The van der Waals surface area contributed by atoms with Crippen LogP contribution in [0.4, 0.5) is 5.82 Å². The number of halogens is 2. The van der Waals surface area contributed by atoms with Gasteiger partial charge in [-0.15, -0.1) is 0 Å². The van der Waals surface area contributed by atoms with Gasteiger partial charge in [-0.1, -0.05) is 29.3 Å².